The molecule has 1 aromatic heterocycles. The molecule has 0 amide bonds. The largest absolute Gasteiger partial charge is 0.468 e. The molecule has 0 saturated heterocycles. The molecule has 0 aromatic carbocycles. The summed E-state index contributed by atoms with van der Waals surface area (Å²) in [5, 5.41) is 6.12. The van der Waals surface area contributed by atoms with Crippen molar-refractivity contribution < 1.29 is 9.53 Å². The molecule has 14 heavy (non-hydrogen) atoms. The predicted octanol–water partition coefficient (Wildman–Crippen LogP) is -0.238. The number of hydrogen-bond donors (Lipinski definition) is 1. The number of methoxy groups -OCH3 is 1. The van der Waals surface area contributed by atoms with Gasteiger partial charge in [-0.3, -0.25) is 9.36 Å². The van der Waals surface area contributed by atoms with Gasteiger partial charge >= 0.3 is 11.7 Å². The second-order valence-corrected chi connectivity index (χ2v) is 3.96. The van der Waals surface area contributed by atoms with Crippen molar-refractivity contribution in [2.75, 3.05) is 7.11 Å². The molecule has 7 heteroatoms. The molecule has 0 aliphatic rings. The fourth-order valence-electron chi connectivity index (χ4n) is 0.810. The lowest BCUT2D eigenvalue weighted by Crippen LogP contribution is -2.17. The van der Waals surface area contributed by atoms with Crippen LogP contribution in [0.1, 0.15) is 6.92 Å². The maximum absolute atomic E-state index is 11.1. The smallest absolute Gasteiger partial charge is 0.343 e. The lowest BCUT2D eigenvalue weighted by molar-refractivity contribution is -0.139. The van der Waals surface area contributed by atoms with Crippen LogP contribution in [0, 0.1) is 0 Å². The van der Waals surface area contributed by atoms with Gasteiger partial charge in [0.25, 0.3) is 0 Å². The molecule has 1 rings (SSSR count). The number of ether oxygens (including phenoxy) is 1. The van der Waals surface area contributed by atoms with Crippen molar-refractivity contribution in [2.24, 2.45) is 7.05 Å². The number of thioether (sulfide) groups is 1. The Labute approximate surface area is 84.6 Å². The molecule has 78 valence electrons. The van der Waals surface area contributed by atoms with E-state index in [1.165, 1.54) is 23.4 Å². The number of hydrogen-bond acceptors (Lipinski definition) is 5. The SMILES string of the molecule is COC(=O)C(C)Sc1n[nH]c(=O)n1C. The normalized spacial score (nSPS) is 12.5. The number of esters is 1. The van der Waals surface area contributed by atoms with Crippen molar-refractivity contribution >= 4 is 17.7 Å². The lowest BCUT2D eigenvalue weighted by Gasteiger charge is -2.06. The summed E-state index contributed by atoms with van der Waals surface area (Å²) in [6.45, 7) is 1.69. The Bertz CT molecular complexity index is 384. The maximum atomic E-state index is 11.1. The Morgan fingerprint density at radius 2 is 2.36 bits per heavy atom. The van der Waals surface area contributed by atoms with E-state index in [1.54, 1.807) is 14.0 Å². The lowest BCUT2D eigenvalue weighted by atomic mass is 10.5. The third kappa shape index (κ3) is 2.16. The van der Waals surface area contributed by atoms with Crippen molar-refractivity contribution in [3.05, 3.63) is 10.5 Å². The van der Waals surface area contributed by atoms with E-state index in [-0.39, 0.29) is 16.9 Å². The van der Waals surface area contributed by atoms with Crippen LogP contribution in [0.25, 0.3) is 0 Å². The molecule has 1 heterocycles. The molecule has 0 aliphatic heterocycles. The number of H-pyrrole nitrogens is 1. The summed E-state index contributed by atoms with van der Waals surface area (Å²) in [5.41, 5.74) is -0.301. The molecule has 0 fully saturated rings. The molecule has 0 bridgehead atoms. The van der Waals surface area contributed by atoms with Crippen LogP contribution in [-0.2, 0) is 16.6 Å². The van der Waals surface area contributed by atoms with Gasteiger partial charge in [-0.1, -0.05) is 11.8 Å². The zero-order chi connectivity index (χ0) is 10.7. The maximum Gasteiger partial charge on any atom is 0.343 e. The first-order chi connectivity index (χ1) is 6.56. The van der Waals surface area contributed by atoms with Gasteiger partial charge in [-0.25, -0.2) is 9.89 Å². The first-order valence-corrected chi connectivity index (χ1v) is 4.80. The molecular weight excluding hydrogens is 206 g/mol. The van der Waals surface area contributed by atoms with Gasteiger partial charge < -0.3 is 4.74 Å². The van der Waals surface area contributed by atoms with E-state index in [0.717, 1.165) is 0 Å². The molecule has 0 spiro atoms. The van der Waals surface area contributed by atoms with Crippen molar-refractivity contribution in [1.82, 2.24) is 14.8 Å². The van der Waals surface area contributed by atoms with E-state index in [9.17, 15) is 9.59 Å². The molecule has 6 nitrogen and oxygen atoms in total. The average molecular weight is 217 g/mol. The molecule has 0 aliphatic carbocycles. The predicted molar refractivity (Wildman–Crippen MR) is 51.2 cm³/mol. The molecule has 1 aromatic rings. The molecule has 1 N–H and O–H groups in total. The van der Waals surface area contributed by atoms with Crippen LogP contribution in [-0.4, -0.2) is 33.1 Å². The Morgan fingerprint density at radius 1 is 1.71 bits per heavy atom. The number of rotatable bonds is 3. The molecule has 1 unspecified atom stereocenters. The number of carbonyl (C=O) groups excluding carboxylic acids is 1. The highest BCUT2D eigenvalue weighted by molar-refractivity contribution is 8.00. The zero-order valence-corrected chi connectivity index (χ0v) is 8.92. The van der Waals surface area contributed by atoms with Gasteiger partial charge in [-0.15, -0.1) is 5.10 Å². The average Bonchev–Trinajstić information content (AvgIpc) is 2.48. The van der Waals surface area contributed by atoms with Crippen molar-refractivity contribution in [3.63, 3.8) is 0 Å². The number of nitrogens with zero attached hydrogens (tertiary/aromatic N) is 2. The molecular formula is C7H11N3O3S. The first-order valence-electron chi connectivity index (χ1n) is 3.92. The minimum Gasteiger partial charge on any atom is -0.468 e. The van der Waals surface area contributed by atoms with Gasteiger partial charge in [0.2, 0.25) is 0 Å². The van der Waals surface area contributed by atoms with Crippen LogP contribution in [0.3, 0.4) is 0 Å². The minimum absolute atomic E-state index is 0.301. The van der Waals surface area contributed by atoms with Crippen LogP contribution in [0.5, 0.6) is 0 Å². The summed E-state index contributed by atoms with van der Waals surface area (Å²) in [7, 11) is 2.90. The van der Waals surface area contributed by atoms with Crippen molar-refractivity contribution in [1.29, 1.82) is 0 Å². The quantitative estimate of drug-likeness (QED) is 0.558. The van der Waals surface area contributed by atoms with Crippen LogP contribution < -0.4 is 5.69 Å². The summed E-state index contributed by atoms with van der Waals surface area (Å²) >= 11 is 1.17. The van der Waals surface area contributed by atoms with E-state index >= 15 is 0 Å². The highest BCUT2D eigenvalue weighted by Gasteiger charge is 2.17. The van der Waals surface area contributed by atoms with Crippen LogP contribution >= 0.6 is 11.8 Å². The Morgan fingerprint density at radius 3 is 2.79 bits per heavy atom. The number of carbonyl (C=O) groups is 1. The van der Waals surface area contributed by atoms with Crippen LogP contribution in [0.2, 0.25) is 0 Å². The van der Waals surface area contributed by atoms with Gasteiger partial charge in [0.15, 0.2) is 5.16 Å². The molecule has 0 saturated carbocycles. The monoisotopic (exact) mass is 217 g/mol. The van der Waals surface area contributed by atoms with E-state index in [1.807, 2.05) is 0 Å². The topological polar surface area (TPSA) is 77.0 Å². The Kier molecular flexibility index (Phi) is 3.34. The van der Waals surface area contributed by atoms with Gasteiger partial charge in [0.1, 0.15) is 5.25 Å². The van der Waals surface area contributed by atoms with E-state index in [2.05, 4.69) is 14.9 Å². The summed E-state index contributed by atoms with van der Waals surface area (Å²) in [5.74, 6) is -0.342. The fourth-order valence-corrected chi connectivity index (χ4v) is 1.66. The highest BCUT2D eigenvalue weighted by atomic mass is 32.2. The van der Waals surface area contributed by atoms with Crippen molar-refractivity contribution in [2.45, 2.75) is 17.3 Å². The van der Waals surface area contributed by atoms with E-state index < -0.39 is 0 Å². The molecule has 1 atom stereocenters. The standard InChI is InChI=1S/C7H11N3O3S/c1-4(5(11)13-3)14-7-9-8-6(12)10(7)2/h4H,1-3H3,(H,8,12). The van der Waals surface area contributed by atoms with Gasteiger partial charge in [-0.05, 0) is 6.92 Å². The Balaban J connectivity index is 2.74. The van der Waals surface area contributed by atoms with Crippen molar-refractivity contribution in [3.8, 4) is 0 Å². The molecule has 0 radical (unpaired) electrons. The summed E-state index contributed by atoms with van der Waals surface area (Å²) in [4.78, 5) is 22.0. The second kappa shape index (κ2) is 4.32. The van der Waals surface area contributed by atoms with Crippen LogP contribution in [0.4, 0.5) is 0 Å². The summed E-state index contributed by atoms with van der Waals surface area (Å²) in [6.07, 6.45) is 0. The third-order valence-electron chi connectivity index (χ3n) is 1.65. The minimum atomic E-state index is -0.381. The highest BCUT2D eigenvalue weighted by Crippen LogP contribution is 2.19. The Hall–Kier alpha value is -1.24. The second-order valence-electron chi connectivity index (χ2n) is 2.65. The zero-order valence-electron chi connectivity index (χ0n) is 8.10. The number of aromatic amines is 1. The third-order valence-corrected chi connectivity index (χ3v) is 2.78. The van der Waals surface area contributed by atoms with E-state index in [0.29, 0.717) is 5.16 Å². The summed E-state index contributed by atoms with van der Waals surface area (Å²) in [6, 6.07) is 0. The van der Waals surface area contributed by atoms with E-state index in [4.69, 9.17) is 0 Å². The van der Waals surface area contributed by atoms with Crippen LogP contribution in [0.15, 0.2) is 9.95 Å². The summed E-state index contributed by atoms with van der Waals surface area (Å²) < 4.78 is 5.88. The van der Waals surface area contributed by atoms with Gasteiger partial charge in [-0.2, -0.15) is 0 Å². The number of nitrogens with one attached hydrogen (secondary N) is 1. The number of aromatic nitrogens is 3. The fraction of sp³-hybridized carbons (Fsp3) is 0.571. The van der Waals surface area contributed by atoms with Gasteiger partial charge in [0, 0.05) is 7.05 Å². The first kappa shape index (κ1) is 10.8. The van der Waals surface area contributed by atoms with Gasteiger partial charge in [0.05, 0.1) is 7.11 Å².